The number of morpholine rings is 1. The smallest absolute Gasteiger partial charge is 0.209 e. The van der Waals surface area contributed by atoms with Gasteiger partial charge in [0.1, 0.15) is 0 Å². The van der Waals surface area contributed by atoms with Crippen LogP contribution in [0.5, 0.6) is 0 Å². The molecule has 1 N–H and O–H groups in total. The molecule has 0 radical (unpaired) electrons. The summed E-state index contributed by atoms with van der Waals surface area (Å²) in [5.41, 5.74) is 0. The van der Waals surface area contributed by atoms with Crippen LogP contribution in [0.1, 0.15) is 13.3 Å². The van der Waals surface area contributed by atoms with Crippen LogP contribution in [-0.2, 0) is 9.53 Å². The van der Waals surface area contributed by atoms with Crippen LogP contribution in [0.15, 0.2) is 0 Å². The summed E-state index contributed by atoms with van der Waals surface area (Å²) < 4.78 is 5.52. The van der Waals surface area contributed by atoms with Gasteiger partial charge in [0.05, 0.1) is 12.7 Å². The first-order valence-corrected chi connectivity index (χ1v) is 4.88. The number of nitrogens with zero attached hydrogens (tertiary/aromatic N) is 1. The molecule has 1 rings (SSSR count). The van der Waals surface area contributed by atoms with E-state index < -0.39 is 0 Å². The van der Waals surface area contributed by atoms with E-state index in [1.165, 1.54) is 0 Å². The lowest BCUT2D eigenvalue weighted by molar-refractivity contribution is -0.125. The molecule has 0 aromatic rings. The van der Waals surface area contributed by atoms with Gasteiger partial charge in [-0.05, 0) is 19.5 Å². The number of ether oxygens (including phenoxy) is 1. The monoisotopic (exact) mass is 186 g/mol. The van der Waals surface area contributed by atoms with Crippen molar-refractivity contribution in [3.05, 3.63) is 0 Å². The fourth-order valence-electron chi connectivity index (χ4n) is 1.45. The van der Waals surface area contributed by atoms with Crippen molar-refractivity contribution in [3.63, 3.8) is 0 Å². The summed E-state index contributed by atoms with van der Waals surface area (Å²) in [5.74, 6) is 0. The van der Waals surface area contributed by atoms with Crippen molar-refractivity contribution in [2.75, 3.05) is 32.8 Å². The maximum atomic E-state index is 10.5. The Kier molecular flexibility index (Phi) is 4.78. The molecule has 1 heterocycles. The number of carbonyl (C=O) groups excluding carboxylic acids is 1. The van der Waals surface area contributed by atoms with Crippen LogP contribution in [0.25, 0.3) is 0 Å². The lowest BCUT2D eigenvalue weighted by Gasteiger charge is -2.30. The minimum Gasteiger partial charge on any atom is -0.374 e. The molecule has 1 aliphatic heterocycles. The summed E-state index contributed by atoms with van der Waals surface area (Å²) >= 11 is 0. The number of carbonyl (C=O) groups is 1. The summed E-state index contributed by atoms with van der Waals surface area (Å²) in [7, 11) is 0. The average molecular weight is 186 g/mol. The van der Waals surface area contributed by atoms with Crippen LogP contribution in [0, 0.1) is 0 Å². The third-order valence-electron chi connectivity index (χ3n) is 2.21. The number of amides is 1. The van der Waals surface area contributed by atoms with Crippen molar-refractivity contribution in [2.24, 2.45) is 0 Å². The summed E-state index contributed by atoms with van der Waals surface area (Å²) in [6.45, 7) is 6.20. The number of hydrogen-bond donors (Lipinski definition) is 1. The number of nitrogens with one attached hydrogen (secondary N) is 1. The molecule has 0 saturated carbocycles. The maximum absolute atomic E-state index is 10.5. The molecule has 0 bridgehead atoms. The molecule has 1 unspecified atom stereocenters. The van der Waals surface area contributed by atoms with Crippen LogP contribution in [0.4, 0.5) is 0 Å². The van der Waals surface area contributed by atoms with Gasteiger partial charge in [-0.3, -0.25) is 4.79 Å². The van der Waals surface area contributed by atoms with E-state index in [1.807, 2.05) is 0 Å². The Morgan fingerprint density at radius 1 is 1.69 bits per heavy atom. The van der Waals surface area contributed by atoms with Gasteiger partial charge in [-0.15, -0.1) is 0 Å². The van der Waals surface area contributed by atoms with Crippen molar-refractivity contribution in [3.8, 4) is 0 Å². The zero-order chi connectivity index (χ0) is 9.52. The van der Waals surface area contributed by atoms with E-state index in [0.717, 1.165) is 39.0 Å². The quantitative estimate of drug-likeness (QED) is 0.479. The van der Waals surface area contributed by atoms with Gasteiger partial charge in [0.15, 0.2) is 0 Å². The fraction of sp³-hybridized carbons (Fsp3) is 0.889. The number of hydrogen-bond acceptors (Lipinski definition) is 3. The van der Waals surface area contributed by atoms with Gasteiger partial charge in [0.25, 0.3) is 0 Å². The first kappa shape index (κ1) is 10.5. The molecule has 4 nitrogen and oxygen atoms in total. The highest BCUT2D eigenvalue weighted by molar-refractivity contribution is 5.47. The van der Waals surface area contributed by atoms with Crippen molar-refractivity contribution >= 4 is 6.41 Å². The van der Waals surface area contributed by atoms with Gasteiger partial charge in [-0.25, -0.2) is 0 Å². The van der Waals surface area contributed by atoms with Crippen molar-refractivity contribution in [2.45, 2.75) is 19.4 Å². The second-order valence-electron chi connectivity index (χ2n) is 3.24. The van der Waals surface area contributed by atoms with E-state index in [-0.39, 0.29) is 6.10 Å². The molecule has 1 atom stereocenters. The first-order valence-electron chi connectivity index (χ1n) is 4.88. The Hall–Kier alpha value is -0.610. The molecule has 1 saturated heterocycles. The fourth-order valence-corrected chi connectivity index (χ4v) is 1.45. The topological polar surface area (TPSA) is 41.6 Å². The molecule has 1 fully saturated rings. The van der Waals surface area contributed by atoms with E-state index in [1.54, 1.807) is 4.90 Å². The Morgan fingerprint density at radius 2 is 2.54 bits per heavy atom. The van der Waals surface area contributed by atoms with E-state index in [9.17, 15) is 4.79 Å². The molecule has 0 aromatic carbocycles. The lowest BCUT2D eigenvalue weighted by Crippen LogP contribution is -2.42. The third-order valence-corrected chi connectivity index (χ3v) is 2.21. The van der Waals surface area contributed by atoms with E-state index in [0.29, 0.717) is 6.61 Å². The molecule has 1 aliphatic rings. The summed E-state index contributed by atoms with van der Waals surface area (Å²) in [6.07, 6.45) is 2.11. The van der Waals surface area contributed by atoms with Crippen LogP contribution in [0.3, 0.4) is 0 Å². The molecule has 1 amide bonds. The van der Waals surface area contributed by atoms with Crippen molar-refractivity contribution < 1.29 is 9.53 Å². The van der Waals surface area contributed by atoms with Gasteiger partial charge >= 0.3 is 0 Å². The standard InChI is InChI=1S/C9H18N2O2/c1-2-10-4-3-9-7-11(8-12)5-6-13-9/h8-10H,2-7H2,1H3. The van der Waals surface area contributed by atoms with E-state index in [4.69, 9.17) is 4.74 Å². The van der Waals surface area contributed by atoms with Crippen LogP contribution in [-0.4, -0.2) is 50.2 Å². The van der Waals surface area contributed by atoms with Crippen LogP contribution >= 0.6 is 0 Å². The molecule has 76 valence electrons. The molecule has 0 spiro atoms. The van der Waals surface area contributed by atoms with Gasteiger partial charge in [0, 0.05) is 13.1 Å². The zero-order valence-electron chi connectivity index (χ0n) is 8.16. The van der Waals surface area contributed by atoms with E-state index >= 15 is 0 Å². The first-order chi connectivity index (χ1) is 6.36. The Bertz CT molecular complexity index is 153. The van der Waals surface area contributed by atoms with Crippen molar-refractivity contribution in [1.82, 2.24) is 10.2 Å². The van der Waals surface area contributed by atoms with Crippen LogP contribution < -0.4 is 5.32 Å². The highest BCUT2D eigenvalue weighted by Crippen LogP contribution is 2.05. The number of rotatable bonds is 5. The van der Waals surface area contributed by atoms with Gasteiger partial charge < -0.3 is 15.0 Å². The second-order valence-corrected chi connectivity index (χ2v) is 3.24. The molecule has 0 aromatic heterocycles. The largest absolute Gasteiger partial charge is 0.374 e. The molecular formula is C9H18N2O2. The lowest BCUT2D eigenvalue weighted by atomic mass is 10.2. The minimum atomic E-state index is 0.220. The van der Waals surface area contributed by atoms with Crippen LogP contribution in [0.2, 0.25) is 0 Å². The highest BCUT2D eigenvalue weighted by Gasteiger charge is 2.18. The predicted octanol–water partition coefficient (Wildman–Crippen LogP) is -0.157. The molecular weight excluding hydrogens is 168 g/mol. The Labute approximate surface area is 79.2 Å². The third kappa shape index (κ3) is 3.74. The summed E-state index contributed by atoms with van der Waals surface area (Å²) in [6, 6.07) is 0. The normalized spacial score (nSPS) is 23.2. The summed E-state index contributed by atoms with van der Waals surface area (Å²) in [4.78, 5) is 12.3. The maximum Gasteiger partial charge on any atom is 0.209 e. The molecule has 0 aliphatic carbocycles. The minimum absolute atomic E-state index is 0.220. The Morgan fingerprint density at radius 3 is 3.23 bits per heavy atom. The zero-order valence-corrected chi connectivity index (χ0v) is 8.16. The molecule has 13 heavy (non-hydrogen) atoms. The second kappa shape index (κ2) is 5.94. The van der Waals surface area contributed by atoms with Gasteiger partial charge in [0.2, 0.25) is 6.41 Å². The average Bonchev–Trinajstić information content (AvgIpc) is 2.19. The van der Waals surface area contributed by atoms with Gasteiger partial charge in [-0.1, -0.05) is 6.92 Å². The Balaban J connectivity index is 2.14. The summed E-state index contributed by atoms with van der Waals surface area (Å²) in [5, 5.41) is 3.24. The van der Waals surface area contributed by atoms with Gasteiger partial charge in [-0.2, -0.15) is 0 Å². The van der Waals surface area contributed by atoms with E-state index in [2.05, 4.69) is 12.2 Å². The highest BCUT2D eigenvalue weighted by atomic mass is 16.5. The van der Waals surface area contributed by atoms with Crippen molar-refractivity contribution in [1.29, 1.82) is 0 Å². The predicted molar refractivity (Wildman–Crippen MR) is 50.5 cm³/mol. The SMILES string of the molecule is CCNCCC1CN(C=O)CCO1. The molecule has 4 heteroatoms.